The van der Waals surface area contributed by atoms with Gasteiger partial charge >= 0.3 is 0 Å². The average molecular weight is 373 g/mol. The quantitative estimate of drug-likeness (QED) is 0.563. The van der Waals surface area contributed by atoms with E-state index >= 15 is 0 Å². The molecule has 1 aromatic heterocycles. The summed E-state index contributed by atoms with van der Waals surface area (Å²) in [6.45, 7) is 1.94. The molecule has 1 heterocycles. The van der Waals surface area contributed by atoms with E-state index < -0.39 is 10.0 Å². The molecule has 18 heavy (non-hydrogen) atoms. The van der Waals surface area contributed by atoms with E-state index in [1.807, 2.05) is 6.92 Å². The highest BCUT2D eigenvalue weighted by atomic mass is 79.9. The molecule has 0 spiro atoms. The van der Waals surface area contributed by atoms with Crippen LogP contribution in [0.5, 0.6) is 0 Å². The lowest BCUT2D eigenvalue weighted by Crippen LogP contribution is -2.45. The summed E-state index contributed by atoms with van der Waals surface area (Å²) in [5.41, 5.74) is -0.149. The Balaban J connectivity index is 2.12. The van der Waals surface area contributed by atoms with E-state index in [9.17, 15) is 8.42 Å². The van der Waals surface area contributed by atoms with Crippen LogP contribution in [0, 0.1) is 5.41 Å². The number of nitrogens with one attached hydrogen (secondary N) is 3. The van der Waals surface area contributed by atoms with Crippen molar-refractivity contribution in [2.45, 2.75) is 29.5 Å². The summed E-state index contributed by atoms with van der Waals surface area (Å²) in [5.74, 6) is -0.216. The Labute approximate surface area is 123 Å². The molecule has 9 heteroatoms. The molecule has 1 aliphatic carbocycles. The van der Waals surface area contributed by atoms with Gasteiger partial charge in [-0.3, -0.25) is 5.41 Å². The van der Waals surface area contributed by atoms with Gasteiger partial charge in [0.25, 0.3) is 10.0 Å². The highest BCUT2D eigenvalue weighted by Gasteiger charge is 2.38. The zero-order valence-corrected chi connectivity index (χ0v) is 13.4. The summed E-state index contributed by atoms with van der Waals surface area (Å²) < 4.78 is 27.1. The van der Waals surface area contributed by atoms with Crippen molar-refractivity contribution in [3.63, 3.8) is 0 Å². The first kappa shape index (κ1) is 14.1. The molecule has 0 aromatic carbocycles. The predicted molar refractivity (Wildman–Crippen MR) is 75.9 cm³/mol. The lowest BCUT2D eigenvalue weighted by Gasteiger charge is -2.15. The zero-order chi connectivity index (χ0) is 13.6. The Kier molecular flexibility index (Phi) is 3.65. The smallest absolute Gasteiger partial charge is 0.274 e. The number of halogens is 2. The molecule has 3 N–H and O–H groups in total. The lowest BCUT2D eigenvalue weighted by molar-refractivity contribution is 0.590. The van der Waals surface area contributed by atoms with E-state index in [0.29, 0.717) is 8.81 Å². The van der Waals surface area contributed by atoms with Crippen molar-refractivity contribution in [2.75, 3.05) is 0 Å². The second kappa shape index (κ2) is 4.66. The molecule has 0 saturated heterocycles. The van der Waals surface area contributed by atoms with Gasteiger partial charge in [-0.05, 0) is 41.8 Å². The SMILES string of the molecule is CC1(NC(=N)NS(=O)(=O)c2sc(Cl)cc2Br)CC1. The molecule has 5 nitrogen and oxygen atoms in total. The summed E-state index contributed by atoms with van der Waals surface area (Å²) in [4.78, 5) is 0. The van der Waals surface area contributed by atoms with Crippen LogP contribution in [0.15, 0.2) is 14.7 Å². The van der Waals surface area contributed by atoms with Crippen LogP contribution >= 0.6 is 38.9 Å². The molecular weight excluding hydrogens is 362 g/mol. The van der Waals surface area contributed by atoms with Gasteiger partial charge in [0.05, 0.1) is 8.81 Å². The predicted octanol–water partition coefficient (Wildman–Crippen LogP) is 2.52. The number of hydrogen-bond acceptors (Lipinski definition) is 4. The highest BCUT2D eigenvalue weighted by Crippen LogP contribution is 2.35. The summed E-state index contributed by atoms with van der Waals surface area (Å²) >= 11 is 9.82. The van der Waals surface area contributed by atoms with Crippen molar-refractivity contribution in [3.05, 3.63) is 14.9 Å². The van der Waals surface area contributed by atoms with Crippen molar-refractivity contribution >= 4 is 54.9 Å². The first-order chi connectivity index (χ1) is 8.22. The normalized spacial score (nSPS) is 17.3. The lowest BCUT2D eigenvalue weighted by atomic mass is 10.3. The number of rotatable bonds is 3. The number of guanidine groups is 1. The highest BCUT2D eigenvalue weighted by molar-refractivity contribution is 9.10. The first-order valence-corrected chi connectivity index (χ1v) is 8.53. The molecule has 0 amide bonds. The standard InChI is InChI=1S/C9H11BrClN3O2S2/c1-9(2-3-9)13-8(12)14-18(15,16)7-5(10)4-6(11)17-7/h4H,2-3H2,1H3,(H3,12,13,14). The summed E-state index contributed by atoms with van der Waals surface area (Å²) in [6, 6.07) is 1.51. The van der Waals surface area contributed by atoms with Gasteiger partial charge in [-0.1, -0.05) is 11.6 Å². The van der Waals surface area contributed by atoms with Gasteiger partial charge in [0.1, 0.15) is 0 Å². The van der Waals surface area contributed by atoms with Crippen LogP contribution in [0.2, 0.25) is 4.34 Å². The molecule has 0 radical (unpaired) electrons. The number of thiophene rings is 1. The third-order valence-corrected chi connectivity index (χ3v) is 6.83. The van der Waals surface area contributed by atoms with Crippen LogP contribution in [0.25, 0.3) is 0 Å². The summed E-state index contributed by atoms with van der Waals surface area (Å²) in [5, 5.41) is 10.5. The Bertz CT molecular complexity index is 595. The summed E-state index contributed by atoms with van der Waals surface area (Å²) in [6.07, 6.45) is 1.87. The van der Waals surface area contributed by atoms with Gasteiger partial charge in [-0.2, -0.15) is 0 Å². The van der Waals surface area contributed by atoms with Gasteiger partial charge in [0, 0.05) is 5.54 Å². The third-order valence-electron chi connectivity index (χ3n) is 2.53. The first-order valence-electron chi connectivity index (χ1n) is 5.06. The largest absolute Gasteiger partial charge is 0.351 e. The Hall–Kier alpha value is -0.310. The molecule has 0 aliphatic heterocycles. The van der Waals surface area contributed by atoms with E-state index in [-0.39, 0.29) is 15.7 Å². The zero-order valence-electron chi connectivity index (χ0n) is 9.38. The van der Waals surface area contributed by atoms with Gasteiger partial charge in [-0.15, -0.1) is 11.3 Å². The second-order valence-corrected chi connectivity index (χ2v) is 8.77. The van der Waals surface area contributed by atoms with E-state index in [2.05, 4.69) is 26.0 Å². The molecule has 100 valence electrons. The molecule has 1 fully saturated rings. The topological polar surface area (TPSA) is 82.1 Å². The minimum atomic E-state index is -3.76. The maximum atomic E-state index is 12.0. The Morgan fingerprint density at radius 2 is 2.22 bits per heavy atom. The van der Waals surface area contributed by atoms with Crippen LogP contribution in [0.4, 0.5) is 0 Å². The fourth-order valence-corrected chi connectivity index (χ4v) is 5.27. The van der Waals surface area contributed by atoms with E-state index in [4.69, 9.17) is 17.0 Å². The van der Waals surface area contributed by atoms with Crippen LogP contribution < -0.4 is 10.0 Å². The maximum Gasteiger partial charge on any atom is 0.274 e. The molecule has 1 saturated carbocycles. The minimum Gasteiger partial charge on any atom is -0.351 e. The molecule has 2 rings (SSSR count). The summed E-state index contributed by atoms with van der Waals surface area (Å²) in [7, 11) is -3.76. The van der Waals surface area contributed by atoms with E-state index in [0.717, 1.165) is 24.2 Å². The molecule has 1 aromatic rings. The molecule has 0 unspecified atom stereocenters. The van der Waals surface area contributed by atoms with Gasteiger partial charge < -0.3 is 5.32 Å². The second-order valence-electron chi connectivity index (χ2n) is 4.35. The third kappa shape index (κ3) is 3.17. The van der Waals surface area contributed by atoms with Crippen LogP contribution in [-0.2, 0) is 10.0 Å². The van der Waals surface area contributed by atoms with E-state index in [1.165, 1.54) is 6.07 Å². The van der Waals surface area contributed by atoms with Crippen molar-refractivity contribution in [1.82, 2.24) is 10.0 Å². The van der Waals surface area contributed by atoms with Crippen molar-refractivity contribution < 1.29 is 8.42 Å². The number of sulfonamides is 1. The molecule has 1 aliphatic rings. The fraction of sp³-hybridized carbons (Fsp3) is 0.444. The Morgan fingerprint density at radius 3 is 2.67 bits per heavy atom. The fourth-order valence-electron chi connectivity index (χ4n) is 1.33. The molecular formula is C9H11BrClN3O2S2. The average Bonchev–Trinajstić information content (AvgIpc) is 2.79. The number of hydrogen-bond donors (Lipinski definition) is 3. The maximum absolute atomic E-state index is 12.0. The molecule has 0 atom stereocenters. The van der Waals surface area contributed by atoms with Crippen molar-refractivity contribution in [1.29, 1.82) is 5.41 Å². The Morgan fingerprint density at radius 1 is 1.61 bits per heavy atom. The monoisotopic (exact) mass is 371 g/mol. The van der Waals surface area contributed by atoms with Crippen LogP contribution in [-0.4, -0.2) is 19.9 Å². The van der Waals surface area contributed by atoms with E-state index in [1.54, 1.807) is 0 Å². The van der Waals surface area contributed by atoms with Crippen LogP contribution in [0.1, 0.15) is 19.8 Å². The van der Waals surface area contributed by atoms with Crippen LogP contribution in [0.3, 0.4) is 0 Å². The van der Waals surface area contributed by atoms with Gasteiger partial charge in [0.15, 0.2) is 4.21 Å². The molecule has 0 bridgehead atoms. The van der Waals surface area contributed by atoms with Gasteiger partial charge in [-0.25, -0.2) is 13.1 Å². The van der Waals surface area contributed by atoms with Gasteiger partial charge in [0.2, 0.25) is 5.96 Å². The van der Waals surface area contributed by atoms with Crippen molar-refractivity contribution in [2.24, 2.45) is 0 Å². The minimum absolute atomic E-state index is 0.0694. The van der Waals surface area contributed by atoms with Crippen molar-refractivity contribution in [3.8, 4) is 0 Å².